The molecule has 0 radical (unpaired) electrons. The lowest BCUT2D eigenvalue weighted by Gasteiger charge is -2.33. The second kappa shape index (κ2) is 8.55. The molecule has 1 amide bonds. The van der Waals surface area contributed by atoms with Crippen molar-refractivity contribution in [3.05, 3.63) is 80.9 Å². The Labute approximate surface area is 189 Å². The molecule has 3 aromatic rings. The quantitative estimate of drug-likeness (QED) is 0.457. The summed E-state index contributed by atoms with van der Waals surface area (Å²) in [5.74, 6) is -0.405. The molecule has 2 heterocycles. The van der Waals surface area contributed by atoms with E-state index in [-0.39, 0.29) is 24.5 Å². The summed E-state index contributed by atoms with van der Waals surface area (Å²) in [5, 5.41) is 10.3. The molecule has 2 N–H and O–H groups in total. The van der Waals surface area contributed by atoms with E-state index in [4.69, 9.17) is 11.6 Å². The first-order valence-corrected chi connectivity index (χ1v) is 10.6. The van der Waals surface area contributed by atoms with Gasteiger partial charge in [-0.15, -0.1) is 0 Å². The van der Waals surface area contributed by atoms with Gasteiger partial charge in [0.15, 0.2) is 11.7 Å². The molecule has 0 bridgehead atoms. The van der Waals surface area contributed by atoms with Gasteiger partial charge in [-0.1, -0.05) is 51.8 Å². The van der Waals surface area contributed by atoms with Crippen LogP contribution in [0.2, 0.25) is 5.02 Å². The van der Waals surface area contributed by atoms with Gasteiger partial charge in [0.2, 0.25) is 0 Å². The molecule has 10 heteroatoms. The Bertz CT molecular complexity index is 1080. The van der Waals surface area contributed by atoms with Gasteiger partial charge in [-0.05, 0) is 35.4 Å². The third-order valence-corrected chi connectivity index (χ3v) is 5.84. The van der Waals surface area contributed by atoms with Gasteiger partial charge in [-0.3, -0.25) is 4.79 Å². The smallest absolute Gasteiger partial charge is 0.363 e. The van der Waals surface area contributed by atoms with Crippen molar-refractivity contribution in [1.82, 2.24) is 15.1 Å². The van der Waals surface area contributed by atoms with Crippen molar-refractivity contribution in [1.29, 1.82) is 0 Å². The molecule has 0 spiro atoms. The highest BCUT2D eigenvalue weighted by molar-refractivity contribution is 9.10. The first-order valence-electron chi connectivity index (χ1n) is 9.41. The van der Waals surface area contributed by atoms with Gasteiger partial charge in [0.25, 0.3) is 5.91 Å². The van der Waals surface area contributed by atoms with Gasteiger partial charge in [0.1, 0.15) is 5.82 Å². The molecule has 2 atom stereocenters. The van der Waals surface area contributed by atoms with Gasteiger partial charge in [0, 0.05) is 28.5 Å². The first kappa shape index (κ1) is 21.7. The number of carbonyl (C=O) groups excluding carboxylic acids is 1. The van der Waals surface area contributed by atoms with E-state index >= 15 is 0 Å². The van der Waals surface area contributed by atoms with E-state index < -0.39 is 24.2 Å². The fraction of sp³-hybridized carbons (Fsp3) is 0.238. The number of benzene rings is 2. The van der Waals surface area contributed by atoms with Crippen LogP contribution in [0.25, 0.3) is 0 Å². The van der Waals surface area contributed by atoms with Crippen molar-refractivity contribution in [2.24, 2.45) is 0 Å². The van der Waals surface area contributed by atoms with Crippen LogP contribution in [0, 0.1) is 0 Å². The monoisotopic (exact) mass is 512 g/mol. The largest absolute Gasteiger partial charge is 0.410 e. The van der Waals surface area contributed by atoms with Crippen LogP contribution < -0.4 is 10.6 Å². The summed E-state index contributed by atoms with van der Waals surface area (Å²) in [5.41, 5.74) is 1.45. The molecule has 1 aromatic heterocycles. The van der Waals surface area contributed by atoms with E-state index in [1.54, 1.807) is 48.5 Å². The van der Waals surface area contributed by atoms with Crippen LogP contribution in [0.3, 0.4) is 0 Å². The Morgan fingerprint density at radius 1 is 1.19 bits per heavy atom. The SMILES string of the molecule is O=C(NCc1ccc(Cl)cc1)c1cc2n(n1)[C@H](C(F)(F)F)C[C@@H](c1ccc(Br)cc1)N2. The second-order valence-corrected chi connectivity index (χ2v) is 8.56. The maximum atomic E-state index is 13.8. The van der Waals surface area contributed by atoms with E-state index in [9.17, 15) is 18.0 Å². The van der Waals surface area contributed by atoms with Gasteiger partial charge in [0.05, 0.1) is 6.04 Å². The maximum absolute atomic E-state index is 13.8. The predicted molar refractivity (Wildman–Crippen MR) is 115 cm³/mol. The van der Waals surface area contributed by atoms with Crippen LogP contribution >= 0.6 is 27.5 Å². The number of carbonyl (C=O) groups is 1. The summed E-state index contributed by atoms with van der Waals surface area (Å²) >= 11 is 9.17. The molecule has 4 rings (SSSR count). The van der Waals surface area contributed by atoms with E-state index in [1.165, 1.54) is 6.07 Å². The molecule has 1 aliphatic rings. The first-order chi connectivity index (χ1) is 14.7. The molecular weight excluding hydrogens is 497 g/mol. The van der Waals surface area contributed by atoms with Crippen LogP contribution in [0.5, 0.6) is 0 Å². The Hall–Kier alpha value is -2.52. The van der Waals surface area contributed by atoms with Gasteiger partial charge in [-0.2, -0.15) is 18.3 Å². The highest BCUT2D eigenvalue weighted by Crippen LogP contribution is 2.43. The van der Waals surface area contributed by atoms with Crippen molar-refractivity contribution in [3.63, 3.8) is 0 Å². The molecular formula is C21H17BrClF3N4O. The predicted octanol–water partition coefficient (Wildman–Crippen LogP) is 5.89. The van der Waals surface area contributed by atoms with Gasteiger partial charge >= 0.3 is 6.18 Å². The van der Waals surface area contributed by atoms with Crippen molar-refractivity contribution in [3.8, 4) is 0 Å². The van der Waals surface area contributed by atoms with Crippen LogP contribution in [0.1, 0.15) is 40.1 Å². The number of nitrogens with one attached hydrogen (secondary N) is 2. The number of rotatable bonds is 4. The summed E-state index contributed by atoms with van der Waals surface area (Å²) in [6.45, 7) is 0.204. The molecule has 31 heavy (non-hydrogen) atoms. The van der Waals surface area contributed by atoms with E-state index in [0.29, 0.717) is 5.02 Å². The second-order valence-electron chi connectivity index (χ2n) is 7.21. The Balaban J connectivity index is 1.56. The standard InChI is InChI=1S/C21H17BrClF3N4O/c22-14-5-3-13(4-6-14)16-9-18(21(24,25)26)30-19(28-16)10-17(29-30)20(31)27-11-12-1-7-15(23)8-2-12/h1-8,10,16,18,28H,9,11H2,(H,27,31)/t16-,18-/m0/s1. The van der Waals surface area contributed by atoms with Crippen LogP contribution in [-0.2, 0) is 6.54 Å². The summed E-state index contributed by atoms with van der Waals surface area (Å²) in [6, 6.07) is 12.9. The van der Waals surface area contributed by atoms with E-state index in [0.717, 1.165) is 20.3 Å². The minimum absolute atomic E-state index is 0.0813. The summed E-state index contributed by atoms with van der Waals surface area (Å²) < 4.78 is 43.0. The highest BCUT2D eigenvalue weighted by Gasteiger charge is 2.46. The molecule has 0 saturated carbocycles. The Kier molecular flexibility index (Phi) is 5.98. The maximum Gasteiger partial charge on any atom is 0.410 e. The number of nitrogens with zero attached hydrogens (tertiary/aromatic N) is 2. The van der Waals surface area contributed by atoms with E-state index in [1.807, 2.05) is 0 Å². The van der Waals surface area contributed by atoms with Gasteiger partial charge < -0.3 is 10.6 Å². The normalized spacial score (nSPS) is 18.2. The molecule has 5 nitrogen and oxygen atoms in total. The minimum atomic E-state index is -4.51. The lowest BCUT2D eigenvalue weighted by atomic mass is 9.97. The van der Waals surface area contributed by atoms with Crippen LogP contribution in [0.4, 0.5) is 19.0 Å². The van der Waals surface area contributed by atoms with Crippen molar-refractivity contribution < 1.29 is 18.0 Å². The lowest BCUT2D eigenvalue weighted by Crippen LogP contribution is -2.35. The topological polar surface area (TPSA) is 59.0 Å². The van der Waals surface area contributed by atoms with Crippen LogP contribution in [0.15, 0.2) is 59.1 Å². The summed E-state index contributed by atoms with van der Waals surface area (Å²) in [7, 11) is 0. The molecule has 0 fully saturated rings. The third kappa shape index (κ3) is 4.88. The van der Waals surface area contributed by atoms with Crippen molar-refractivity contribution in [2.75, 3.05) is 5.32 Å². The van der Waals surface area contributed by atoms with Crippen molar-refractivity contribution in [2.45, 2.75) is 31.2 Å². The average Bonchev–Trinajstić information content (AvgIpc) is 3.16. The molecule has 0 aliphatic carbocycles. The molecule has 1 aliphatic heterocycles. The molecule has 0 saturated heterocycles. The zero-order chi connectivity index (χ0) is 22.2. The fourth-order valence-corrected chi connectivity index (χ4v) is 3.86. The Morgan fingerprint density at radius 2 is 1.87 bits per heavy atom. The Morgan fingerprint density at radius 3 is 2.52 bits per heavy atom. The number of hydrogen-bond acceptors (Lipinski definition) is 3. The number of fused-ring (bicyclic) bond motifs is 1. The number of anilines is 1. The number of aromatic nitrogens is 2. The zero-order valence-corrected chi connectivity index (χ0v) is 18.3. The lowest BCUT2D eigenvalue weighted by molar-refractivity contribution is -0.173. The summed E-state index contributed by atoms with van der Waals surface area (Å²) in [4.78, 5) is 12.5. The highest BCUT2D eigenvalue weighted by atomic mass is 79.9. The van der Waals surface area contributed by atoms with Crippen molar-refractivity contribution >= 4 is 39.3 Å². The number of alkyl halides is 3. The fourth-order valence-electron chi connectivity index (χ4n) is 3.47. The third-order valence-electron chi connectivity index (χ3n) is 5.06. The minimum Gasteiger partial charge on any atom is -0.363 e. The average molecular weight is 514 g/mol. The molecule has 162 valence electrons. The van der Waals surface area contributed by atoms with E-state index in [2.05, 4.69) is 31.7 Å². The number of halogens is 5. The number of hydrogen-bond donors (Lipinski definition) is 2. The zero-order valence-electron chi connectivity index (χ0n) is 16.0. The van der Waals surface area contributed by atoms with Crippen LogP contribution in [-0.4, -0.2) is 21.9 Å². The summed E-state index contributed by atoms with van der Waals surface area (Å²) in [6.07, 6.45) is -4.74. The molecule has 2 aromatic carbocycles. The molecule has 0 unspecified atom stereocenters. The van der Waals surface area contributed by atoms with Gasteiger partial charge in [-0.25, -0.2) is 4.68 Å². The number of amides is 1.